The van der Waals surface area contributed by atoms with Gasteiger partial charge in [-0.3, -0.25) is 0 Å². The second-order valence-electron chi connectivity index (χ2n) is 4.57. The van der Waals surface area contributed by atoms with Crippen molar-refractivity contribution in [3.8, 4) is 16.9 Å². The molecule has 0 bridgehead atoms. The fourth-order valence-electron chi connectivity index (χ4n) is 2.15. The Bertz CT molecular complexity index is 510. The predicted molar refractivity (Wildman–Crippen MR) is 75.8 cm³/mol. The van der Waals surface area contributed by atoms with Crippen molar-refractivity contribution in [2.24, 2.45) is 5.73 Å². The minimum atomic E-state index is 0.534. The van der Waals surface area contributed by atoms with E-state index in [1.165, 1.54) is 11.1 Å². The maximum Gasteiger partial charge on any atom is 0.126 e. The van der Waals surface area contributed by atoms with Crippen LogP contribution in [0.15, 0.2) is 36.4 Å². The van der Waals surface area contributed by atoms with Crippen molar-refractivity contribution in [2.45, 2.75) is 20.4 Å². The summed E-state index contributed by atoms with van der Waals surface area (Å²) in [4.78, 5) is 0. The van der Waals surface area contributed by atoms with E-state index in [1.807, 2.05) is 6.07 Å². The number of hydrogen-bond donors (Lipinski definition) is 1. The van der Waals surface area contributed by atoms with Crippen molar-refractivity contribution < 1.29 is 4.74 Å². The molecule has 2 heteroatoms. The molecule has 0 aromatic heterocycles. The molecule has 0 saturated carbocycles. The first-order valence-corrected chi connectivity index (χ1v) is 6.10. The van der Waals surface area contributed by atoms with Crippen LogP contribution in [0, 0.1) is 13.8 Å². The molecule has 0 fully saturated rings. The second-order valence-corrected chi connectivity index (χ2v) is 4.57. The van der Waals surface area contributed by atoms with Gasteiger partial charge in [-0.2, -0.15) is 0 Å². The normalized spacial score (nSPS) is 10.4. The molecule has 0 spiro atoms. The quantitative estimate of drug-likeness (QED) is 0.893. The predicted octanol–water partition coefficient (Wildman–Crippen LogP) is 3.44. The SMILES string of the molecule is COc1ccc(C)cc1-c1cc(C)ccc1CN. The van der Waals surface area contributed by atoms with Crippen LogP contribution in [0.25, 0.3) is 11.1 Å². The van der Waals surface area contributed by atoms with Crippen molar-refractivity contribution in [3.05, 3.63) is 53.1 Å². The molecule has 2 rings (SSSR count). The Morgan fingerprint density at radius 1 is 0.944 bits per heavy atom. The maximum atomic E-state index is 5.83. The lowest BCUT2D eigenvalue weighted by atomic mass is 9.95. The summed E-state index contributed by atoms with van der Waals surface area (Å²) in [6, 6.07) is 12.6. The van der Waals surface area contributed by atoms with E-state index in [2.05, 4.69) is 44.2 Å². The van der Waals surface area contributed by atoms with Crippen LogP contribution >= 0.6 is 0 Å². The van der Waals surface area contributed by atoms with Crippen LogP contribution in [-0.2, 0) is 6.54 Å². The summed E-state index contributed by atoms with van der Waals surface area (Å²) in [6.07, 6.45) is 0. The summed E-state index contributed by atoms with van der Waals surface area (Å²) in [7, 11) is 1.70. The Labute approximate surface area is 108 Å². The van der Waals surface area contributed by atoms with E-state index < -0.39 is 0 Å². The lowest BCUT2D eigenvalue weighted by Crippen LogP contribution is -2.00. The van der Waals surface area contributed by atoms with Crippen molar-refractivity contribution in [1.29, 1.82) is 0 Å². The zero-order chi connectivity index (χ0) is 13.1. The van der Waals surface area contributed by atoms with E-state index in [9.17, 15) is 0 Å². The molecule has 0 atom stereocenters. The number of nitrogens with two attached hydrogens (primary N) is 1. The average molecular weight is 241 g/mol. The minimum absolute atomic E-state index is 0.534. The molecule has 0 saturated heterocycles. The first-order chi connectivity index (χ1) is 8.65. The molecular formula is C16H19NO. The number of hydrogen-bond acceptors (Lipinski definition) is 2. The van der Waals surface area contributed by atoms with E-state index in [4.69, 9.17) is 10.5 Å². The number of aryl methyl sites for hydroxylation is 2. The van der Waals surface area contributed by atoms with Gasteiger partial charge in [-0.1, -0.05) is 35.4 Å². The lowest BCUT2D eigenvalue weighted by Gasteiger charge is -2.14. The van der Waals surface area contributed by atoms with Gasteiger partial charge in [0, 0.05) is 12.1 Å². The van der Waals surface area contributed by atoms with Crippen molar-refractivity contribution in [1.82, 2.24) is 0 Å². The molecular weight excluding hydrogens is 222 g/mol. The zero-order valence-electron chi connectivity index (χ0n) is 11.2. The number of ether oxygens (including phenoxy) is 1. The monoisotopic (exact) mass is 241 g/mol. The van der Waals surface area contributed by atoms with Crippen LogP contribution < -0.4 is 10.5 Å². The van der Waals surface area contributed by atoms with E-state index >= 15 is 0 Å². The van der Waals surface area contributed by atoms with Crippen LogP contribution in [0.1, 0.15) is 16.7 Å². The summed E-state index contributed by atoms with van der Waals surface area (Å²) in [5, 5.41) is 0. The van der Waals surface area contributed by atoms with Gasteiger partial charge >= 0.3 is 0 Å². The molecule has 0 amide bonds. The van der Waals surface area contributed by atoms with Crippen LogP contribution in [0.4, 0.5) is 0 Å². The Morgan fingerprint density at radius 3 is 2.17 bits per heavy atom. The highest BCUT2D eigenvalue weighted by atomic mass is 16.5. The number of methoxy groups -OCH3 is 1. The summed E-state index contributed by atoms with van der Waals surface area (Å²) in [5.41, 5.74) is 11.7. The second kappa shape index (κ2) is 5.23. The topological polar surface area (TPSA) is 35.2 Å². The fourth-order valence-corrected chi connectivity index (χ4v) is 2.15. The Morgan fingerprint density at radius 2 is 1.56 bits per heavy atom. The summed E-state index contributed by atoms with van der Waals surface area (Å²) in [6.45, 7) is 4.71. The third-order valence-electron chi connectivity index (χ3n) is 3.13. The van der Waals surface area contributed by atoms with Gasteiger partial charge in [0.15, 0.2) is 0 Å². The maximum absolute atomic E-state index is 5.83. The molecule has 0 heterocycles. The minimum Gasteiger partial charge on any atom is -0.496 e. The van der Waals surface area contributed by atoms with E-state index in [0.29, 0.717) is 6.54 Å². The highest BCUT2D eigenvalue weighted by molar-refractivity contribution is 5.74. The number of benzene rings is 2. The van der Waals surface area contributed by atoms with E-state index in [0.717, 1.165) is 22.4 Å². The van der Waals surface area contributed by atoms with E-state index in [-0.39, 0.29) is 0 Å². The first-order valence-electron chi connectivity index (χ1n) is 6.10. The summed E-state index contributed by atoms with van der Waals surface area (Å²) >= 11 is 0. The van der Waals surface area contributed by atoms with Crippen molar-refractivity contribution >= 4 is 0 Å². The largest absolute Gasteiger partial charge is 0.496 e. The highest BCUT2D eigenvalue weighted by Gasteiger charge is 2.10. The van der Waals surface area contributed by atoms with Crippen LogP contribution in [-0.4, -0.2) is 7.11 Å². The molecule has 94 valence electrons. The summed E-state index contributed by atoms with van der Waals surface area (Å²) < 4.78 is 5.45. The number of rotatable bonds is 3. The van der Waals surface area contributed by atoms with Gasteiger partial charge in [0.05, 0.1) is 7.11 Å². The van der Waals surface area contributed by atoms with Gasteiger partial charge < -0.3 is 10.5 Å². The van der Waals surface area contributed by atoms with Crippen LogP contribution in [0.2, 0.25) is 0 Å². The van der Waals surface area contributed by atoms with Crippen molar-refractivity contribution in [2.75, 3.05) is 7.11 Å². The molecule has 0 radical (unpaired) electrons. The van der Waals surface area contributed by atoms with Crippen LogP contribution in [0.3, 0.4) is 0 Å². The molecule has 2 nitrogen and oxygen atoms in total. The first kappa shape index (κ1) is 12.7. The van der Waals surface area contributed by atoms with Gasteiger partial charge in [0.1, 0.15) is 5.75 Å². The third kappa shape index (κ3) is 2.39. The molecule has 0 aliphatic carbocycles. The van der Waals surface area contributed by atoms with Gasteiger partial charge in [0.25, 0.3) is 0 Å². The summed E-state index contributed by atoms with van der Waals surface area (Å²) in [5.74, 6) is 0.890. The molecule has 2 aromatic rings. The smallest absolute Gasteiger partial charge is 0.126 e. The van der Waals surface area contributed by atoms with Crippen molar-refractivity contribution in [3.63, 3.8) is 0 Å². The zero-order valence-corrected chi connectivity index (χ0v) is 11.2. The Kier molecular flexibility index (Phi) is 3.68. The standard InChI is InChI=1S/C16H19NO/c1-11-4-6-13(10-17)14(8-11)15-9-12(2)5-7-16(15)18-3/h4-9H,10,17H2,1-3H3. The van der Waals surface area contributed by atoms with Gasteiger partial charge in [0.2, 0.25) is 0 Å². The van der Waals surface area contributed by atoms with Gasteiger partial charge in [-0.25, -0.2) is 0 Å². The average Bonchev–Trinajstić information content (AvgIpc) is 2.38. The Balaban J connectivity index is 2.67. The highest BCUT2D eigenvalue weighted by Crippen LogP contribution is 2.33. The molecule has 0 aliphatic heterocycles. The van der Waals surface area contributed by atoms with E-state index in [1.54, 1.807) is 7.11 Å². The third-order valence-corrected chi connectivity index (χ3v) is 3.13. The van der Waals surface area contributed by atoms with Gasteiger partial charge in [-0.15, -0.1) is 0 Å². The fraction of sp³-hybridized carbons (Fsp3) is 0.250. The molecule has 2 N–H and O–H groups in total. The molecule has 0 aliphatic rings. The van der Waals surface area contributed by atoms with Crippen LogP contribution in [0.5, 0.6) is 5.75 Å². The Hall–Kier alpha value is -1.80. The van der Waals surface area contributed by atoms with Gasteiger partial charge in [-0.05, 0) is 37.1 Å². The molecule has 0 unspecified atom stereocenters. The molecule has 2 aromatic carbocycles. The molecule has 18 heavy (non-hydrogen) atoms. The lowest BCUT2D eigenvalue weighted by molar-refractivity contribution is 0.416.